The number of anilines is 3. The molecule has 2 fully saturated rings. The summed E-state index contributed by atoms with van der Waals surface area (Å²) < 4.78 is 31.1. The van der Waals surface area contributed by atoms with Crippen molar-refractivity contribution in [3.05, 3.63) is 223 Å². The van der Waals surface area contributed by atoms with Crippen LogP contribution >= 0.6 is 19.5 Å². The molecule has 0 amide bonds. The molecule has 0 aliphatic heterocycles. The minimum Gasteiger partial charge on any atom is -0.533 e. The number of alkyl halides is 3. The van der Waals surface area contributed by atoms with E-state index < -0.39 is 23.9 Å². The number of hydrogen-bond acceptors (Lipinski definition) is 8. The molecule has 7 aromatic rings. The number of non-ortho nitro benzene ring substituents is 2. The molecule has 7 aromatic carbocycles. The van der Waals surface area contributed by atoms with Gasteiger partial charge in [0.05, 0.1) is 26.5 Å². The number of nitrogens with one attached hydrogen (secondary N) is 1. The Morgan fingerprint density at radius 3 is 1.53 bits per heavy atom. The van der Waals surface area contributed by atoms with E-state index in [4.69, 9.17) is 22.1 Å². The molecule has 0 bridgehead atoms. The average molecular weight is 1200 g/mol. The van der Waals surface area contributed by atoms with Gasteiger partial charge in [-0.05, 0) is 158 Å². The Balaban J connectivity index is 0.000000271. The predicted octanol–water partition coefficient (Wildman–Crippen LogP) is 16.8. The van der Waals surface area contributed by atoms with Crippen molar-refractivity contribution in [2.75, 3.05) is 25.1 Å². The Bertz CT molecular complexity index is 2780. The molecule has 0 unspecified atom stereocenters. The van der Waals surface area contributed by atoms with Gasteiger partial charge in [-0.25, -0.2) is 13.2 Å². The summed E-state index contributed by atoms with van der Waals surface area (Å²) in [5.41, 5.74) is 18.8. The molecule has 2 aliphatic carbocycles. The van der Waals surface area contributed by atoms with Crippen LogP contribution in [0, 0.1) is 47.1 Å². The zero-order chi connectivity index (χ0) is 56.2. The minimum atomic E-state index is -4.76. The summed E-state index contributed by atoms with van der Waals surface area (Å²) in [4.78, 5) is 30.4. The Labute approximate surface area is 478 Å². The van der Waals surface area contributed by atoms with E-state index in [1.54, 1.807) is 23.0 Å². The molecule has 16 heteroatoms. The van der Waals surface area contributed by atoms with Gasteiger partial charge in [0.25, 0.3) is 17.6 Å². The molecule has 418 valence electrons. The number of nitro benzene ring substituents is 2. The number of benzene rings is 7. The average Bonchev–Trinajstić information content (AvgIpc) is 3.43. The third-order valence-corrected chi connectivity index (χ3v) is 16.9. The number of carbonyl (C=O) groups excluding carboxylic acids is 1. The van der Waals surface area contributed by atoms with Crippen LogP contribution in [-0.2, 0) is 31.8 Å². The first-order chi connectivity index (χ1) is 36.8. The van der Waals surface area contributed by atoms with Crippen LogP contribution < -0.4 is 16.4 Å². The number of nitrogens with zero attached hydrogens (tertiary/aromatic N) is 3. The van der Waals surface area contributed by atoms with Gasteiger partial charge in [0, 0.05) is 86.8 Å². The first-order valence-corrected chi connectivity index (χ1v) is 27.8. The first kappa shape index (κ1) is 66.0. The summed E-state index contributed by atoms with van der Waals surface area (Å²) in [6.07, 6.45) is 9.86. The van der Waals surface area contributed by atoms with Crippen LogP contribution in [0.1, 0.15) is 86.5 Å². The van der Waals surface area contributed by atoms with Gasteiger partial charge in [0.2, 0.25) is 0 Å². The van der Waals surface area contributed by atoms with Crippen molar-refractivity contribution in [2.24, 2.45) is 0 Å². The van der Waals surface area contributed by atoms with Crippen LogP contribution in [0.3, 0.4) is 0 Å². The zero-order valence-corrected chi connectivity index (χ0v) is 48.2. The molecular formula is C62H71ClF3N5O5PPd-. The number of nitro groups is 2. The van der Waals surface area contributed by atoms with Crippen LogP contribution in [0.15, 0.2) is 170 Å². The SMILES string of the molecule is CN(C)Cc1[c-]cccc1.Cc1cc(C)c(-c2ccccc2[PH+](C2CCCCC2)C2CCCCC2)c(C)c1.Nc1ccccc1.O=[C-]C(F)(F)F.O=[N+]([O-])c1ccc(Cl)cc1.O=[N+]([O-])c1ccc(Nc2ccccc2)cc1.[Pd]. The second-order valence-electron chi connectivity index (χ2n) is 19.1. The molecule has 0 spiro atoms. The van der Waals surface area contributed by atoms with Crippen molar-refractivity contribution in [1.82, 2.24) is 4.90 Å². The number of halogens is 4. The van der Waals surface area contributed by atoms with Gasteiger partial charge in [-0.3, -0.25) is 20.2 Å². The number of hydrogen-bond donors (Lipinski definition) is 2. The normalized spacial score (nSPS) is 13.1. The van der Waals surface area contributed by atoms with Crippen LogP contribution in [0.2, 0.25) is 5.02 Å². The van der Waals surface area contributed by atoms with Crippen molar-refractivity contribution in [3.63, 3.8) is 0 Å². The van der Waals surface area contributed by atoms with E-state index in [-0.39, 0.29) is 38.1 Å². The topological polar surface area (TPSA) is 145 Å². The van der Waals surface area contributed by atoms with E-state index in [0.29, 0.717) is 5.02 Å². The van der Waals surface area contributed by atoms with Crippen LogP contribution in [0.25, 0.3) is 11.1 Å². The monoisotopic (exact) mass is 1190 g/mol. The fourth-order valence-electron chi connectivity index (χ4n) is 9.40. The number of nitrogens with two attached hydrogens (primary N) is 1. The molecule has 9 rings (SSSR count). The minimum absolute atomic E-state index is 0. The third-order valence-electron chi connectivity index (χ3n) is 12.6. The zero-order valence-electron chi connectivity index (χ0n) is 44.9. The molecule has 0 atom stereocenters. The van der Waals surface area contributed by atoms with Crippen molar-refractivity contribution in [2.45, 2.75) is 109 Å². The van der Waals surface area contributed by atoms with Gasteiger partial charge in [-0.2, -0.15) is 36.6 Å². The fourth-order valence-corrected chi connectivity index (χ4v) is 13.9. The summed E-state index contributed by atoms with van der Waals surface area (Å²) in [5.74, 6) is 0. The summed E-state index contributed by atoms with van der Waals surface area (Å²) in [6.45, 7) is 7.84. The van der Waals surface area contributed by atoms with Gasteiger partial charge in [0.1, 0.15) is 0 Å². The summed E-state index contributed by atoms with van der Waals surface area (Å²) >= 11 is 5.49. The second kappa shape index (κ2) is 35.3. The van der Waals surface area contributed by atoms with E-state index in [2.05, 4.69) is 93.6 Å². The summed E-state index contributed by atoms with van der Waals surface area (Å²) in [6, 6.07) is 56.7. The van der Waals surface area contributed by atoms with Gasteiger partial charge >= 0.3 is 0 Å². The number of nitrogen functional groups attached to an aromatic ring is 1. The van der Waals surface area contributed by atoms with E-state index >= 15 is 0 Å². The largest absolute Gasteiger partial charge is 0.533 e. The predicted molar refractivity (Wildman–Crippen MR) is 314 cm³/mol. The Morgan fingerprint density at radius 2 is 1.10 bits per heavy atom. The van der Waals surface area contributed by atoms with E-state index in [1.807, 2.05) is 78.9 Å². The molecule has 0 heterocycles. The molecule has 0 saturated heterocycles. The molecule has 78 heavy (non-hydrogen) atoms. The molecule has 2 saturated carbocycles. The van der Waals surface area contributed by atoms with Gasteiger partial charge in [-0.1, -0.05) is 96.7 Å². The van der Waals surface area contributed by atoms with Crippen LogP contribution in [0.4, 0.5) is 41.6 Å². The van der Waals surface area contributed by atoms with Gasteiger partial charge in [0.15, 0.2) is 0 Å². The van der Waals surface area contributed by atoms with Gasteiger partial charge in [-0.15, -0.1) is 5.56 Å². The summed E-state index contributed by atoms with van der Waals surface area (Å²) in [5, 5.41) is 25.9. The smallest absolute Gasteiger partial charge is 0.298 e. The fraction of sp³-hybridized carbons (Fsp3) is 0.306. The standard InChI is InChI=1S/C27H37P.C12H10N2O2.C9H12N.C6H4ClNO2.C6H7N.C2F3O.Pd/c1-20-18-21(2)27(22(3)19-20)25-16-10-11-17-26(25)28(23-12-6-4-7-13-23)24-14-8-5-9-15-24;15-14(16)12-8-6-11(7-9-12)13-10-4-2-1-3-5-10;1-10(2)8-9-6-4-3-5-7-9;7-5-1-3-6(4-2-5)8(9)10;7-6-4-2-1-3-5-6;3-2(4,5)1-6;/h10-11,16-19,23-24H,4-9,12-15H2,1-3H3;1-9,13H;3-6H,8H2,1-2H3;1-4H;1-5H,7H2;;/q;;-1;;;-1;/p+1. The molecular weight excluding hydrogens is 1120 g/mol. The molecule has 0 aromatic heterocycles. The maximum atomic E-state index is 10.5. The Morgan fingerprint density at radius 1 is 0.667 bits per heavy atom. The summed E-state index contributed by atoms with van der Waals surface area (Å²) in [7, 11) is 3.57. The van der Waals surface area contributed by atoms with E-state index in [9.17, 15) is 33.4 Å². The van der Waals surface area contributed by atoms with Crippen LogP contribution in [0.5, 0.6) is 0 Å². The molecule has 3 N–H and O–H groups in total. The third kappa shape index (κ3) is 24.6. The molecule has 2 aliphatic rings. The maximum Gasteiger partial charge on any atom is 0.298 e. The first-order valence-electron chi connectivity index (χ1n) is 25.7. The molecule has 0 radical (unpaired) electrons. The number of rotatable bonds is 10. The maximum absolute atomic E-state index is 10.5. The number of para-hydroxylation sites is 2. The Kier molecular flexibility index (Phi) is 29.9. The van der Waals surface area contributed by atoms with E-state index in [0.717, 1.165) is 34.9 Å². The van der Waals surface area contributed by atoms with E-state index in [1.165, 1.54) is 128 Å². The second-order valence-corrected chi connectivity index (χ2v) is 22.6. The molecule has 10 nitrogen and oxygen atoms in total. The number of aryl methyl sites for hydroxylation is 3. The van der Waals surface area contributed by atoms with Crippen molar-refractivity contribution in [1.29, 1.82) is 0 Å². The van der Waals surface area contributed by atoms with Crippen LogP contribution in [-0.4, -0.2) is 52.6 Å². The van der Waals surface area contributed by atoms with Crippen molar-refractivity contribution >= 4 is 59.6 Å². The van der Waals surface area contributed by atoms with Gasteiger partial charge < -0.3 is 20.7 Å². The van der Waals surface area contributed by atoms with Crippen molar-refractivity contribution in [3.8, 4) is 11.1 Å². The Hall–Kier alpha value is -6.26. The van der Waals surface area contributed by atoms with Crippen molar-refractivity contribution < 1.29 is 48.2 Å². The quantitative estimate of drug-likeness (QED) is 0.0344.